The molecule has 2 heterocycles. The number of fused-ring (bicyclic) bond motifs is 1. The van der Waals surface area contributed by atoms with E-state index in [1.54, 1.807) is 0 Å². The summed E-state index contributed by atoms with van der Waals surface area (Å²) < 4.78 is 2.18. The molecule has 2 rings (SSSR count). The summed E-state index contributed by atoms with van der Waals surface area (Å²) >= 11 is 0. The summed E-state index contributed by atoms with van der Waals surface area (Å²) in [6.45, 7) is 6.44. The highest BCUT2D eigenvalue weighted by Crippen LogP contribution is 2.11. The van der Waals surface area contributed by atoms with Crippen LogP contribution in [-0.4, -0.2) is 9.97 Å². The van der Waals surface area contributed by atoms with Gasteiger partial charge in [-0.1, -0.05) is 0 Å². The molecule has 0 aliphatic carbocycles. The largest absolute Gasteiger partial charge is 0.325 e. The lowest BCUT2D eigenvalue weighted by atomic mass is 10.2. The number of aryl methyl sites for hydroxylation is 1. The van der Waals surface area contributed by atoms with Gasteiger partial charge in [-0.3, -0.25) is 0 Å². The van der Waals surface area contributed by atoms with Gasteiger partial charge in [-0.15, -0.1) is 0 Å². The Morgan fingerprint density at radius 2 is 2.23 bits per heavy atom. The van der Waals surface area contributed by atoms with Gasteiger partial charge in [0.15, 0.2) is 0 Å². The van der Waals surface area contributed by atoms with Crippen molar-refractivity contribution in [3.63, 3.8) is 0 Å². The zero-order chi connectivity index (χ0) is 9.42. The predicted octanol–water partition coefficient (Wildman–Crippen LogP) is 1.74. The van der Waals surface area contributed by atoms with Gasteiger partial charge in [0.2, 0.25) is 0 Å². The maximum absolute atomic E-state index is 4.33. The molecule has 0 bridgehead atoms. The van der Waals surface area contributed by atoms with Crippen LogP contribution in [0.3, 0.4) is 0 Å². The third kappa shape index (κ3) is 1.20. The fourth-order valence-electron chi connectivity index (χ4n) is 1.63. The molecule has 3 heteroatoms. The molecule has 0 unspecified atom stereocenters. The van der Waals surface area contributed by atoms with Gasteiger partial charge in [-0.05, 0) is 31.8 Å². The molecule has 0 fully saturated rings. The number of rotatable bonds is 1. The highest BCUT2D eigenvalue weighted by atomic mass is 15.1. The van der Waals surface area contributed by atoms with Crippen molar-refractivity contribution in [2.45, 2.75) is 26.8 Å². The van der Waals surface area contributed by atoms with Gasteiger partial charge in [0.1, 0.15) is 5.69 Å². The summed E-state index contributed by atoms with van der Waals surface area (Å²) in [5.41, 5.74) is 2.23. The van der Waals surface area contributed by atoms with E-state index in [4.69, 9.17) is 0 Å². The van der Waals surface area contributed by atoms with E-state index in [-0.39, 0.29) is 0 Å². The van der Waals surface area contributed by atoms with E-state index >= 15 is 0 Å². The lowest BCUT2D eigenvalue weighted by Gasteiger charge is -2.05. The van der Waals surface area contributed by atoms with Crippen molar-refractivity contribution >= 4 is 11.0 Å². The van der Waals surface area contributed by atoms with E-state index in [1.165, 1.54) is 11.1 Å². The van der Waals surface area contributed by atoms with Gasteiger partial charge in [0.25, 0.3) is 12.0 Å². The minimum atomic E-state index is 0.465. The average Bonchev–Trinajstić information content (AvgIpc) is 2.52. The average molecular weight is 176 g/mol. The van der Waals surface area contributed by atoms with Crippen LogP contribution in [0.15, 0.2) is 18.6 Å². The summed E-state index contributed by atoms with van der Waals surface area (Å²) in [6, 6.07) is 2.53. The molecule has 0 aromatic carbocycles. The van der Waals surface area contributed by atoms with Crippen LogP contribution in [0.4, 0.5) is 0 Å². The number of hydrogen-bond donors (Lipinski definition) is 1. The van der Waals surface area contributed by atoms with Crippen molar-refractivity contribution in [2.24, 2.45) is 0 Å². The molecule has 0 saturated heterocycles. The number of H-pyrrole nitrogens is 1. The molecule has 13 heavy (non-hydrogen) atoms. The number of aromatic nitrogens is 3. The molecule has 2 aromatic rings. The Bertz CT molecular complexity index is 429. The Labute approximate surface area is 77.4 Å². The zero-order valence-electron chi connectivity index (χ0n) is 8.20. The minimum absolute atomic E-state index is 0.465. The van der Waals surface area contributed by atoms with Gasteiger partial charge in [-0.2, -0.15) is 0 Å². The topological polar surface area (TPSA) is 32.6 Å². The molecular weight excluding hydrogens is 162 g/mol. The summed E-state index contributed by atoms with van der Waals surface area (Å²) in [5, 5.41) is 1.20. The molecule has 1 N–H and O–H groups in total. The van der Waals surface area contributed by atoms with Gasteiger partial charge in [-0.25, -0.2) is 4.57 Å². The normalized spacial score (nSPS) is 11.4. The maximum atomic E-state index is 4.33. The smallest absolute Gasteiger partial charge is 0.289 e. The third-order valence-corrected chi connectivity index (χ3v) is 2.37. The van der Waals surface area contributed by atoms with Crippen LogP contribution in [-0.2, 0) is 0 Å². The summed E-state index contributed by atoms with van der Waals surface area (Å²) in [6.07, 6.45) is 3.81. The Balaban J connectivity index is 2.73. The SMILES string of the molecule is Cc1c2cc[nH]c2nc[n+]1C(C)C. The van der Waals surface area contributed by atoms with Crippen LogP contribution < -0.4 is 4.57 Å². The first-order valence-electron chi connectivity index (χ1n) is 4.54. The molecule has 0 aliphatic heterocycles. The second kappa shape index (κ2) is 2.83. The van der Waals surface area contributed by atoms with Crippen molar-refractivity contribution in [1.82, 2.24) is 9.97 Å². The summed E-state index contributed by atoms with van der Waals surface area (Å²) in [5.74, 6) is 0. The number of nitrogens with one attached hydrogen (secondary N) is 1. The fraction of sp³-hybridized carbons (Fsp3) is 0.400. The second-order valence-corrected chi connectivity index (χ2v) is 3.57. The maximum Gasteiger partial charge on any atom is 0.289 e. The Morgan fingerprint density at radius 1 is 1.46 bits per heavy atom. The van der Waals surface area contributed by atoms with Crippen LogP contribution in [0.1, 0.15) is 25.6 Å². The van der Waals surface area contributed by atoms with E-state index < -0.39 is 0 Å². The quantitative estimate of drug-likeness (QED) is 0.659. The predicted molar refractivity (Wildman–Crippen MR) is 51.4 cm³/mol. The molecule has 2 aromatic heterocycles. The standard InChI is InChI=1S/C10H13N3/c1-7(2)13-6-12-10-9(8(13)3)4-5-11-10/h4-7H,1-3H3/p+1. The Kier molecular flexibility index (Phi) is 1.79. The van der Waals surface area contributed by atoms with Crippen LogP contribution in [0.5, 0.6) is 0 Å². The molecule has 0 spiro atoms. The fourth-order valence-corrected chi connectivity index (χ4v) is 1.63. The number of nitrogens with zero attached hydrogens (tertiary/aromatic N) is 2. The Morgan fingerprint density at radius 3 is 2.92 bits per heavy atom. The zero-order valence-corrected chi connectivity index (χ0v) is 8.20. The monoisotopic (exact) mass is 176 g/mol. The molecule has 0 atom stereocenters. The molecule has 3 nitrogen and oxygen atoms in total. The third-order valence-electron chi connectivity index (χ3n) is 2.37. The van der Waals surface area contributed by atoms with Crippen LogP contribution in [0, 0.1) is 6.92 Å². The van der Waals surface area contributed by atoms with Crippen LogP contribution in [0.25, 0.3) is 11.0 Å². The molecule has 0 aliphatic rings. The first-order valence-corrected chi connectivity index (χ1v) is 4.54. The highest BCUT2D eigenvalue weighted by molar-refractivity contribution is 5.76. The van der Waals surface area contributed by atoms with Crippen molar-refractivity contribution in [3.05, 3.63) is 24.3 Å². The Hall–Kier alpha value is -1.38. The van der Waals surface area contributed by atoms with E-state index in [0.717, 1.165) is 5.65 Å². The van der Waals surface area contributed by atoms with Crippen LogP contribution >= 0.6 is 0 Å². The molecule has 0 radical (unpaired) electrons. The summed E-state index contributed by atoms with van der Waals surface area (Å²) in [4.78, 5) is 7.43. The number of aromatic amines is 1. The van der Waals surface area contributed by atoms with Gasteiger partial charge in [0.05, 0.1) is 11.4 Å². The first-order chi connectivity index (χ1) is 6.20. The second-order valence-electron chi connectivity index (χ2n) is 3.57. The highest BCUT2D eigenvalue weighted by Gasteiger charge is 2.13. The van der Waals surface area contributed by atoms with Gasteiger partial charge < -0.3 is 4.98 Å². The lowest BCUT2D eigenvalue weighted by Crippen LogP contribution is -2.39. The minimum Gasteiger partial charge on any atom is -0.325 e. The van der Waals surface area contributed by atoms with Crippen molar-refractivity contribution in [3.8, 4) is 0 Å². The van der Waals surface area contributed by atoms with E-state index in [2.05, 4.69) is 41.4 Å². The van der Waals surface area contributed by atoms with E-state index in [0.29, 0.717) is 6.04 Å². The molecule has 0 amide bonds. The van der Waals surface area contributed by atoms with Crippen molar-refractivity contribution in [1.29, 1.82) is 0 Å². The van der Waals surface area contributed by atoms with Gasteiger partial charge >= 0.3 is 0 Å². The van der Waals surface area contributed by atoms with E-state index in [9.17, 15) is 0 Å². The molecule has 0 saturated carbocycles. The molecular formula is C10H14N3+. The first kappa shape index (κ1) is 8.23. The lowest BCUT2D eigenvalue weighted by molar-refractivity contribution is -0.723. The van der Waals surface area contributed by atoms with Crippen LogP contribution in [0.2, 0.25) is 0 Å². The molecule has 68 valence electrons. The van der Waals surface area contributed by atoms with Crippen molar-refractivity contribution < 1.29 is 4.57 Å². The van der Waals surface area contributed by atoms with Gasteiger partial charge in [0, 0.05) is 6.20 Å². The number of hydrogen-bond acceptors (Lipinski definition) is 1. The summed E-state index contributed by atoms with van der Waals surface area (Å²) in [7, 11) is 0. The van der Waals surface area contributed by atoms with E-state index in [1.807, 2.05) is 12.5 Å². The van der Waals surface area contributed by atoms with Crippen molar-refractivity contribution in [2.75, 3.05) is 0 Å².